The van der Waals surface area contributed by atoms with Gasteiger partial charge in [0, 0.05) is 13.2 Å². The van der Waals surface area contributed by atoms with Crippen LogP contribution in [0.4, 0.5) is 4.79 Å². The first-order valence-corrected chi connectivity index (χ1v) is 8.79. The van der Waals surface area contributed by atoms with E-state index in [1.165, 1.54) is 10.5 Å². The number of rotatable bonds is 4. The number of nitrogens with zero attached hydrogens (tertiary/aromatic N) is 3. The summed E-state index contributed by atoms with van der Waals surface area (Å²) >= 11 is 0. The van der Waals surface area contributed by atoms with Crippen LogP contribution in [-0.2, 0) is 18.4 Å². The van der Waals surface area contributed by atoms with Crippen LogP contribution in [0.15, 0.2) is 60.8 Å². The van der Waals surface area contributed by atoms with E-state index in [4.69, 9.17) is 0 Å². The summed E-state index contributed by atoms with van der Waals surface area (Å²) in [6, 6.07) is 16.8. The van der Waals surface area contributed by atoms with Crippen LogP contribution >= 0.6 is 0 Å². The molecule has 6 nitrogen and oxygen atoms in total. The van der Waals surface area contributed by atoms with E-state index in [-0.39, 0.29) is 12.5 Å². The van der Waals surface area contributed by atoms with Crippen molar-refractivity contribution >= 4 is 11.9 Å². The van der Waals surface area contributed by atoms with Gasteiger partial charge in [0.15, 0.2) is 6.04 Å². The van der Waals surface area contributed by atoms with Gasteiger partial charge in [-0.2, -0.15) is 5.10 Å². The number of amides is 3. The summed E-state index contributed by atoms with van der Waals surface area (Å²) in [5.41, 5.74) is 4.81. The van der Waals surface area contributed by atoms with E-state index in [1.807, 2.05) is 24.3 Å². The van der Waals surface area contributed by atoms with Crippen LogP contribution in [0.5, 0.6) is 0 Å². The molecule has 6 heteroatoms. The van der Waals surface area contributed by atoms with Gasteiger partial charge in [-0.1, -0.05) is 48.0 Å². The fourth-order valence-electron chi connectivity index (χ4n) is 3.23. The van der Waals surface area contributed by atoms with Crippen LogP contribution in [0.1, 0.15) is 22.9 Å². The maximum atomic E-state index is 12.7. The number of benzene rings is 2. The van der Waals surface area contributed by atoms with Gasteiger partial charge in [-0.25, -0.2) is 4.79 Å². The minimum atomic E-state index is -0.723. The van der Waals surface area contributed by atoms with Crippen LogP contribution < -0.4 is 5.32 Å². The maximum absolute atomic E-state index is 12.7. The van der Waals surface area contributed by atoms with E-state index in [1.54, 1.807) is 24.0 Å². The standard InChI is InChI=1S/C21H20N4O2/c1-14-6-8-16(9-7-14)17-5-3-4-15(12-17)13-25-20(26)19(22-21(25)27)18-10-11-24(2)23-18/h3-12,19H,13H2,1-2H3,(H,22,27). The Bertz CT molecular complexity index is 1010. The molecule has 27 heavy (non-hydrogen) atoms. The van der Waals surface area contributed by atoms with Crippen molar-refractivity contribution in [1.82, 2.24) is 20.0 Å². The van der Waals surface area contributed by atoms with E-state index >= 15 is 0 Å². The third-order valence-corrected chi connectivity index (χ3v) is 4.71. The van der Waals surface area contributed by atoms with E-state index in [0.717, 1.165) is 16.7 Å². The number of imide groups is 1. The lowest BCUT2D eigenvalue weighted by Gasteiger charge is -2.14. The fourth-order valence-corrected chi connectivity index (χ4v) is 3.23. The number of carbonyl (C=O) groups excluding carboxylic acids is 2. The van der Waals surface area contributed by atoms with Gasteiger partial charge >= 0.3 is 6.03 Å². The minimum absolute atomic E-state index is 0.230. The molecule has 0 bridgehead atoms. The SMILES string of the molecule is Cc1ccc(-c2cccc(CN3C(=O)NC(c4ccn(C)n4)C3=O)c2)cc1. The van der Waals surface area contributed by atoms with Gasteiger partial charge in [0.25, 0.3) is 5.91 Å². The molecule has 1 unspecified atom stereocenters. The van der Waals surface area contributed by atoms with Crippen molar-refractivity contribution in [3.8, 4) is 11.1 Å². The lowest BCUT2D eigenvalue weighted by molar-refractivity contribution is -0.128. The second-order valence-electron chi connectivity index (χ2n) is 6.79. The lowest BCUT2D eigenvalue weighted by atomic mass is 10.0. The lowest BCUT2D eigenvalue weighted by Crippen LogP contribution is -2.30. The quantitative estimate of drug-likeness (QED) is 0.727. The predicted molar refractivity (Wildman–Crippen MR) is 102 cm³/mol. The molecule has 1 aliphatic heterocycles. The summed E-state index contributed by atoms with van der Waals surface area (Å²) in [5.74, 6) is -0.278. The Labute approximate surface area is 157 Å². The summed E-state index contributed by atoms with van der Waals surface area (Å²) in [6.07, 6.45) is 1.75. The predicted octanol–water partition coefficient (Wildman–Crippen LogP) is 3.19. The number of aromatic nitrogens is 2. The van der Waals surface area contributed by atoms with Crippen LogP contribution in [0.2, 0.25) is 0 Å². The zero-order valence-electron chi connectivity index (χ0n) is 15.2. The van der Waals surface area contributed by atoms with Crippen LogP contribution in [-0.4, -0.2) is 26.6 Å². The van der Waals surface area contributed by atoms with Crippen molar-refractivity contribution in [3.63, 3.8) is 0 Å². The van der Waals surface area contributed by atoms with Crippen LogP contribution in [0.25, 0.3) is 11.1 Å². The second-order valence-corrected chi connectivity index (χ2v) is 6.79. The molecule has 0 radical (unpaired) electrons. The third kappa shape index (κ3) is 3.33. The number of hydrogen-bond donors (Lipinski definition) is 1. The van der Waals surface area contributed by atoms with Gasteiger partial charge in [-0.3, -0.25) is 14.4 Å². The molecule has 1 fully saturated rings. The summed E-state index contributed by atoms with van der Waals surface area (Å²) in [5, 5.41) is 6.95. The summed E-state index contributed by atoms with van der Waals surface area (Å²) < 4.78 is 1.61. The number of aryl methyl sites for hydroxylation is 2. The highest BCUT2D eigenvalue weighted by Gasteiger charge is 2.40. The Hall–Kier alpha value is -3.41. The van der Waals surface area contributed by atoms with Crippen molar-refractivity contribution in [1.29, 1.82) is 0 Å². The highest BCUT2D eigenvalue weighted by molar-refractivity contribution is 6.04. The number of carbonyl (C=O) groups is 2. The maximum Gasteiger partial charge on any atom is 0.325 e. The Kier molecular flexibility index (Phi) is 4.24. The first kappa shape index (κ1) is 17.0. The van der Waals surface area contributed by atoms with Crippen molar-refractivity contribution < 1.29 is 9.59 Å². The van der Waals surface area contributed by atoms with Crippen molar-refractivity contribution in [2.75, 3.05) is 0 Å². The molecule has 2 heterocycles. The average molecular weight is 360 g/mol. The molecule has 0 spiro atoms. The zero-order chi connectivity index (χ0) is 19.0. The van der Waals surface area contributed by atoms with Gasteiger partial charge in [0.2, 0.25) is 0 Å². The molecule has 4 rings (SSSR count). The Balaban J connectivity index is 1.55. The molecule has 2 aromatic carbocycles. The summed E-state index contributed by atoms with van der Waals surface area (Å²) in [4.78, 5) is 26.3. The smallest absolute Gasteiger partial charge is 0.320 e. The van der Waals surface area contributed by atoms with E-state index in [0.29, 0.717) is 5.69 Å². The monoisotopic (exact) mass is 360 g/mol. The van der Waals surface area contributed by atoms with E-state index in [2.05, 4.69) is 41.6 Å². The minimum Gasteiger partial charge on any atom is -0.320 e. The molecule has 1 aliphatic rings. The van der Waals surface area contributed by atoms with Crippen LogP contribution in [0.3, 0.4) is 0 Å². The van der Waals surface area contributed by atoms with Crippen molar-refractivity contribution in [2.24, 2.45) is 7.05 Å². The van der Waals surface area contributed by atoms with Gasteiger partial charge in [-0.15, -0.1) is 0 Å². The molecule has 3 aromatic rings. The zero-order valence-corrected chi connectivity index (χ0v) is 15.2. The van der Waals surface area contributed by atoms with Gasteiger partial charge in [-0.05, 0) is 35.7 Å². The topological polar surface area (TPSA) is 67.2 Å². The first-order chi connectivity index (χ1) is 13.0. The fraction of sp³-hybridized carbons (Fsp3) is 0.190. The molecular weight excluding hydrogens is 340 g/mol. The van der Waals surface area contributed by atoms with Crippen molar-refractivity contribution in [3.05, 3.63) is 77.6 Å². The average Bonchev–Trinajstić information content (AvgIpc) is 3.21. The molecule has 0 aliphatic carbocycles. The number of urea groups is 1. The van der Waals surface area contributed by atoms with E-state index in [9.17, 15) is 9.59 Å². The molecular formula is C21H20N4O2. The number of nitrogens with one attached hydrogen (secondary N) is 1. The van der Waals surface area contributed by atoms with Crippen LogP contribution in [0, 0.1) is 6.92 Å². The van der Waals surface area contributed by atoms with Gasteiger partial charge in [0.1, 0.15) is 0 Å². The van der Waals surface area contributed by atoms with Crippen molar-refractivity contribution in [2.45, 2.75) is 19.5 Å². The Morgan fingerprint density at radius 2 is 1.81 bits per heavy atom. The molecule has 1 saturated heterocycles. The normalized spacial score (nSPS) is 16.7. The summed E-state index contributed by atoms with van der Waals surface area (Å²) in [6.45, 7) is 2.28. The Morgan fingerprint density at radius 3 is 2.52 bits per heavy atom. The molecule has 1 atom stereocenters. The molecule has 3 amide bonds. The van der Waals surface area contributed by atoms with Gasteiger partial charge in [0.05, 0.1) is 12.2 Å². The summed E-state index contributed by atoms with van der Waals surface area (Å²) in [7, 11) is 1.78. The third-order valence-electron chi connectivity index (χ3n) is 4.71. The highest BCUT2D eigenvalue weighted by atomic mass is 16.2. The Morgan fingerprint density at radius 1 is 1.04 bits per heavy atom. The molecule has 1 aromatic heterocycles. The molecule has 0 saturated carbocycles. The first-order valence-electron chi connectivity index (χ1n) is 8.79. The highest BCUT2D eigenvalue weighted by Crippen LogP contribution is 2.25. The largest absolute Gasteiger partial charge is 0.325 e. The van der Waals surface area contributed by atoms with E-state index < -0.39 is 12.1 Å². The molecule has 1 N–H and O–H groups in total. The molecule has 136 valence electrons. The second kappa shape index (κ2) is 6.72. The van der Waals surface area contributed by atoms with Gasteiger partial charge < -0.3 is 5.32 Å². The number of hydrogen-bond acceptors (Lipinski definition) is 3.